The molecular formula is C17H26N2O2. The number of aryl methyl sites for hydroxylation is 1. The van der Waals surface area contributed by atoms with Crippen LogP contribution in [0.4, 0.5) is 0 Å². The molecule has 4 nitrogen and oxygen atoms in total. The average Bonchev–Trinajstić information content (AvgIpc) is 2.51. The Balaban J connectivity index is 2.22. The van der Waals surface area contributed by atoms with Crippen molar-refractivity contribution in [1.29, 1.82) is 0 Å². The molecule has 1 atom stereocenters. The van der Waals surface area contributed by atoms with Crippen LogP contribution in [0.5, 0.6) is 0 Å². The highest BCUT2D eigenvalue weighted by molar-refractivity contribution is 5.92. The Labute approximate surface area is 127 Å². The predicted molar refractivity (Wildman–Crippen MR) is 85.7 cm³/mol. The van der Waals surface area contributed by atoms with E-state index in [1.54, 1.807) is 6.08 Å². The molecule has 0 bridgehead atoms. The van der Waals surface area contributed by atoms with Gasteiger partial charge in [-0.15, -0.1) is 0 Å². The van der Waals surface area contributed by atoms with Crippen molar-refractivity contribution in [2.75, 3.05) is 13.2 Å². The summed E-state index contributed by atoms with van der Waals surface area (Å²) in [7, 11) is 0. The highest BCUT2D eigenvalue weighted by Gasteiger charge is 2.04. The largest absolute Gasteiger partial charge is 0.395 e. The average molecular weight is 290 g/mol. The van der Waals surface area contributed by atoms with E-state index in [-0.39, 0.29) is 17.7 Å². The van der Waals surface area contributed by atoms with Crippen LogP contribution in [-0.2, 0) is 16.0 Å². The molecule has 0 aliphatic rings. The quantitative estimate of drug-likeness (QED) is 0.542. The number of ether oxygens (including phenoxy) is 1. The van der Waals surface area contributed by atoms with Gasteiger partial charge in [0.05, 0.1) is 18.4 Å². The minimum atomic E-state index is -0.226. The molecule has 0 fully saturated rings. The minimum absolute atomic E-state index is 0.223. The molecule has 0 heterocycles. The SMILES string of the molecule is CC[C@@H](C)OCCNC(=O)/C(N)=C/CCc1ccccc1. The molecule has 0 spiro atoms. The Hall–Kier alpha value is -1.81. The smallest absolute Gasteiger partial charge is 0.266 e. The lowest BCUT2D eigenvalue weighted by Gasteiger charge is -2.11. The summed E-state index contributed by atoms with van der Waals surface area (Å²) in [5, 5.41) is 2.75. The second-order valence-corrected chi connectivity index (χ2v) is 5.03. The van der Waals surface area contributed by atoms with Crippen LogP contribution in [0.1, 0.15) is 32.3 Å². The second kappa shape index (κ2) is 10.00. The Morgan fingerprint density at radius 3 is 2.76 bits per heavy atom. The summed E-state index contributed by atoms with van der Waals surface area (Å²) >= 11 is 0. The predicted octanol–water partition coefficient (Wildman–Crippen LogP) is 2.39. The molecule has 0 aliphatic heterocycles. The fourth-order valence-corrected chi connectivity index (χ4v) is 1.78. The summed E-state index contributed by atoms with van der Waals surface area (Å²) in [5.74, 6) is -0.226. The van der Waals surface area contributed by atoms with Crippen LogP contribution in [0.2, 0.25) is 0 Å². The molecule has 0 saturated heterocycles. The van der Waals surface area contributed by atoms with Gasteiger partial charge in [0.15, 0.2) is 0 Å². The number of hydrogen-bond acceptors (Lipinski definition) is 3. The number of allylic oxidation sites excluding steroid dienone is 1. The zero-order valence-electron chi connectivity index (χ0n) is 13.0. The van der Waals surface area contributed by atoms with Crippen molar-refractivity contribution < 1.29 is 9.53 Å². The molecule has 3 N–H and O–H groups in total. The third kappa shape index (κ3) is 7.51. The number of hydrogen-bond donors (Lipinski definition) is 2. The summed E-state index contributed by atoms with van der Waals surface area (Å²) in [6, 6.07) is 10.1. The molecular weight excluding hydrogens is 264 g/mol. The highest BCUT2D eigenvalue weighted by Crippen LogP contribution is 2.03. The number of nitrogens with one attached hydrogen (secondary N) is 1. The lowest BCUT2D eigenvalue weighted by molar-refractivity contribution is -0.117. The number of carbonyl (C=O) groups excluding carboxylic acids is 1. The molecule has 0 saturated carbocycles. The van der Waals surface area contributed by atoms with Gasteiger partial charge in [-0.1, -0.05) is 43.3 Å². The molecule has 0 aliphatic carbocycles. The summed E-state index contributed by atoms with van der Waals surface area (Å²) in [4.78, 5) is 11.7. The van der Waals surface area contributed by atoms with Gasteiger partial charge in [0, 0.05) is 6.54 Å². The van der Waals surface area contributed by atoms with Gasteiger partial charge in [0.2, 0.25) is 0 Å². The van der Waals surface area contributed by atoms with E-state index >= 15 is 0 Å². The van der Waals surface area contributed by atoms with Crippen LogP contribution < -0.4 is 11.1 Å². The Kier molecular flexibility index (Phi) is 8.21. The third-order valence-electron chi connectivity index (χ3n) is 3.27. The monoisotopic (exact) mass is 290 g/mol. The Morgan fingerprint density at radius 1 is 1.38 bits per heavy atom. The van der Waals surface area contributed by atoms with Crippen molar-refractivity contribution in [3.8, 4) is 0 Å². The van der Waals surface area contributed by atoms with E-state index in [9.17, 15) is 4.79 Å². The fourth-order valence-electron chi connectivity index (χ4n) is 1.78. The normalized spacial score (nSPS) is 13.0. The molecule has 1 aromatic carbocycles. The van der Waals surface area contributed by atoms with E-state index in [2.05, 4.69) is 24.4 Å². The first-order valence-corrected chi connectivity index (χ1v) is 7.52. The number of carbonyl (C=O) groups is 1. The van der Waals surface area contributed by atoms with Crippen molar-refractivity contribution in [2.45, 2.75) is 39.2 Å². The van der Waals surface area contributed by atoms with Crippen LogP contribution in [-0.4, -0.2) is 25.2 Å². The zero-order valence-corrected chi connectivity index (χ0v) is 13.0. The van der Waals surface area contributed by atoms with Gasteiger partial charge in [0.1, 0.15) is 0 Å². The van der Waals surface area contributed by atoms with Gasteiger partial charge >= 0.3 is 0 Å². The molecule has 116 valence electrons. The summed E-state index contributed by atoms with van der Waals surface area (Å²) in [6.07, 6.45) is 4.60. The second-order valence-electron chi connectivity index (χ2n) is 5.03. The van der Waals surface area contributed by atoms with Crippen molar-refractivity contribution in [3.05, 3.63) is 47.7 Å². The van der Waals surface area contributed by atoms with Crippen LogP contribution in [0, 0.1) is 0 Å². The first-order chi connectivity index (χ1) is 10.1. The summed E-state index contributed by atoms with van der Waals surface area (Å²) < 4.78 is 5.49. The van der Waals surface area contributed by atoms with Crippen molar-refractivity contribution in [2.24, 2.45) is 5.73 Å². The molecule has 0 unspecified atom stereocenters. The number of benzene rings is 1. The standard InChI is InChI=1S/C17H26N2O2/c1-3-14(2)21-13-12-19-17(20)16(18)11-7-10-15-8-5-4-6-9-15/h4-6,8-9,11,14H,3,7,10,12-13,18H2,1-2H3,(H,19,20)/b16-11-/t14-/m1/s1. The summed E-state index contributed by atoms with van der Waals surface area (Å²) in [5.41, 5.74) is 7.27. The maximum Gasteiger partial charge on any atom is 0.266 e. The van der Waals surface area contributed by atoms with Gasteiger partial charge in [-0.05, 0) is 31.7 Å². The molecule has 4 heteroatoms. The van der Waals surface area contributed by atoms with Crippen LogP contribution >= 0.6 is 0 Å². The molecule has 21 heavy (non-hydrogen) atoms. The first-order valence-electron chi connectivity index (χ1n) is 7.52. The van der Waals surface area contributed by atoms with Crippen LogP contribution in [0.3, 0.4) is 0 Å². The van der Waals surface area contributed by atoms with E-state index in [1.165, 1.54) is 5.56 Å². The zero-order chi connectivity index (χ0) is 15.5. The van der Waals surface area contributed by atoms with Gasteiger partial charge < -0.3 is 15.8 Å². The van der Waals surface area contributed by atoms with Gasteiger partial charge in [-0.25, -0.2) is 0 Å². The highest BCUT2D eigenvalue weighted by atomic mass is 16.5. The lowest BCUT2D eigenvalue weighted by atomic mass is 10.1. The van der Waals surface area contributed by atoms with E-state index in [1.807, 2.05) is 25.1 Å². The number of rotatable bonds is 9. The van der Waals surface area contributed by atoms with Gasteiger partial charge in [-0.3, -0.25) is 4.79 Å². The maximum absolute atomic E-state index is 11.7. The summed E-state index contributed by atoms with van der Waals surface area (Å²) in [6.45, 7) is 5.07. The molecule has 1 aromatic rings. The van der Waals surface area contributed by atoms with E-state index < -0.39 is 0 Å². The van der Waals surface area contributed by atoms with Crippen molar-refractivity contribution in [3.63, 3.8) is 0 Å². The molecule has 1 amide bonds. The van der Waals surface area contributed by atoms with Crippen molar-refractivity contribution in [1.82, 2.24) is 5.32 Å². The van der Waals surface area contributed by atoms with E-state index in [0.717, 1.165) is 19.3 Å². The molecule has 0 radical (unpaired) electrons. The number of nitrogens with two attached hydrogens (primary N) is 1. The third-order valence-corrected chi connectivity index (χ3v) is 3.27. The first kappa shape index (κ1) is 17.2. The Morgan fingerprint density at radius 2 is 2.10 bits per heavy atom. The van der Waals surface area contributed by atoms with E-state index in [4.69, 9.17) is 10.5 Å². The minimum Gasteiger partial charge on any atom is -0.395 e. The maximum atomic E-state index is 11.7. The topological polar surface area (TPSA) is 64.3 Å². The number of amides is 1. The van der Waals surface area contributed by atoms with Gasteiger partial charge in [0.25, 0.3) is 5.91 Å². The van der Waals surface area contributed by atoms with Crippen LogP contribution in [0.25, 0.3) is 0 Å². The molecule has 0 aromatic heterocycles. The van der Waals surface area contributed by atoms with Gasteiger partial charge in [-0.2, -0.15) is 0 Å². The lowest BCUT2D eigenvalue weighted by Crippen LogP contribution is -2.32. The Bertz CT molecular complexity index is 443. The fraction of sp³-hybridized carbons (Fsp3) is 0.471. The van der Waals surface area contributed by atoms with E-state index in [0.29, 0.717) is 13.2 Å². The van der Waals surface area contributed by atoms with Crippen LogP contribution in [0.15, 0.2) is 42.1 Å². The molecule has 1 rings (SSSR count). The van der Waals surface area contributed by atoms with Crippen molar-refractivity contribution >= 4 is 5.91 Å².